The van der Waals surface area contributed by atoms with Crippen LogP contribution in [0.25, 0.3) is 11.0 Å². The number of morpholine rings is 1. The second kappa shape index (κ2) is 10.4. The Balaban J connectivity index is 1.53. The molecule has 0 unspecified atom stereocenters. The Morgan fingerprint density at radius 3 is 2.71 bits per heavy atom. The average Bonchev–Trinajstić information content (AvgIpc) is 3.16. The first-order valence-corrected chi connectivity index (χ1v) is 12.5. The lowest BCUT2D eigenvalue weighted by Crippen LogP contribution is -2.38. The third kappa shape index (κ3) is 4.81. The predicted molar refractivity (Wildman–Crippen MR) is 134 cm³/mol. The van der Waals surface area contributed by atoms with Crippen LogP contribution < -0.4 is 10.2 Å². The maximum Gasteiger partial charge on any atom is 0.290 e. The summed E-state index contributed by atoms with van der Waals surface area (Å²) in [5.74, 6) is 0.564. The fourth-order valence-corrected chi connectivity index (χ4v) is 5.03. The van der Waals surface area contributed by atoms with Gasteiger partial charge in [-0.15, -0.1) is 0 Å². The highest BCUT2D eigenvalue weighted by Gasteiger charge is 2.42. The van der Waals surface area contributed by atoms with E-state index in [1.54, 1.807) is 23.1 Å². The molecule has 0 aliphatic carbocycles. The van der Waals surface area contributed by atoms with Crippen LogP contribution in [0, 0.1) is 0 Å². The van der Waals surface area contributed by atoms with E-state index in [1.807, 2.05) is 31.2 Å². The van der Waals surface area contributed by atoms with E-state index in [-0.39, 0.29) is 17.1 Å². The minimum Gasteiger partial charge on any atom is -0.494 e. The molecule has 0 radical (unpaired) electrons. The molecule has 3 heterocycles. The standard InChI is InChI=1S/C27H29ClN2O5/c1-2-13-34-20-6-3-5-18(16-20)24-23-25(31)21-17-19(28)7-8-22(21)35-26(23)27(32)30(24)10-4-9-29-11-14-33-15-12-29/h3,5-8,16-17,24H,2,4,9-15H2,1H3/t24-/m0/s1. The fourth-order valence-electron chi connectivity index (χ4n) is 4.85. The number of benzene rings is 2. The summed E-state index contributed by atoms with van der Waals surface area (Å²) in [6, 6.07) is 12.0. The third-order valence-corrected chi connectivity index (χ3v) is 6.79. The molecule has 0 saturated carbocycles. The van der Waals surface area contributed by atoms with E-state index in [4.69, 9.17) is 25.5 Å². The van der Waals surface area contributed by atoms with E-state index in [0.29, 0.717) is 40.5 Å². The Hall–Kier alpha value is -2.87. The summed E-state index contributed by atoms with van der Waals surface area (Å²) < 4.78 is 17.3. The second-order valence-corrected chi connectivity index (χ2v) is 9.38. The lowest BCUT2D eigenvalue weighted by atomic mass is 9.98. The summed E-state index contributed by atoms with van der Waals surface area (Å²) in [5, 5.41) is 0.825. The average molecular weight is 497 g/mol. The predicted octanol–water partition coefficient (Wildman–Crippen LogP) is 4.50. The Kier molecular flexibility index (Phi) is 7.09. The SMILES string of the molecule is CCCOc1cccc([C@H]2c3c(oc4ccc(Cl)cc4c3=O)C(=O)N2CCCN2CCOCC2)c1. The Morgan fingerprint density at radius 1 is 1.09 bits per heavy atom. The van der Waals surface area contributed by atoms with Crippen LogP contribution in [0.2, 0.25) is 5.02 Å². The van der Waals surface area contributed by atoms with Gasteiger partial charge in [-0.05, 0) is 48.7 Å². The number of fused-ring (bicyclic) bond motifs is 2. The van der Waals surface area contributed by atoms with E-state index in [9.17, 15) is 9.59 Å². The van der Waals surface area contributed by atoms with Gasteiger partial charge >= 0.3 is 0 Å². The molecule has 1 atom stereocenters. The van der Waals surface area contributed by atoms with Gasteiger partial charge in [0.15, 0.2) is 5.43 Å². The van der Waals surface area contributed by atoms with Crippen molar-refractivity contribution in [3.8, 4) is 5.75 Å². The summed E-state index contributed by atoms with van der Waals surface area (Å²) in [6.07, 6.45) is 1.67. The maximum atomic E-state index is 13.7. The molecule has 184 valence electrons. The van der Waals surface area contributed by atoms with E-state index in [2.05, 4.69) is 4.90 Å². The van der Waals surface area contributed by atoms with Gasteiger partial charge < -0.3 is 18.8 Å². The number of carbonyl (C=O) groups excluding carboxylic acids is 1. The van der Waals surface area contributed by atoms with Crippen molar-refractivity contribution in [2.45, 2.75) is 25.8 Å². The number of rotatable bonds is 8. The molecule has 1 amide bonds. The number of halogens is 1. The lowest BCUT2D eigenvalue weighted by molar-refractivity contribution is 0.0353. The molecule has 2 aliphatic heterocycles. The van der Waals surface area contributed by atoms with Gasteiger partial charge in [0.05, 0.1) is 36.8 Å². The van der Waals surface area contributed by atoms with E-state index in [0.717, 1.165) is 51.3 Å². The molecule has 0 N–H and O–H groups in total. The van der Waals surface area contributed by atoms with Crippen LogP contribution in [0.3, 0.4) is 0 Å². The summed E-state index contributed by atoms with van der Waals surface area (Å²) >= 11 is 6.18. The van der Waals surface area contributed by atoms with Crippen LogP contribution in [-0.2, 0) is 4.74 Å². The van der Waals surface area contributed by atoms with Crippen molar-refractivity contribution in [3.05, 3.63) is 74.6 Å². The number of hydrogen-bond acceptors (Lipinski definition) is 6. The van der Waals surface area contributed by atoms with Crippen LogP contribution in [0.15, 0.2) is 51.7 Å². The molecule has 1 fully saturated rings. The largest absolute Gasteiger partial charge is 0.494 e. The summed E-state index contributed by atoms with van der Waals surface area (Å²) in [6.45, 7) is 7.24. The zero-order chi connectivity index (χ0) is 24.4. The molecule has 1 saturated heterocycles. The van der Waals surface area contributed by atoms with Gasteiger partial charge in [0.1, 0.15) is 11.3 Å². The number of carbonyl (C=O) groups is 1. The van der Waals surface area contributed by atoms with Gasteiger partial charge in [-0.3, -0.25) is 14.5 Å². The van der Waals surface area contributed by atoms with Gasteiger partial charge in [-0.2, -0.15) is 0 Å². The second-order valence-electron chi connectivity index (χ2n) is 8.94. The van der Waals surface area contributed by atoms with Gasteiger partial charge in [-0.1, -0.05) is 30.7 Å². The van der Waals surface area contributed by atoms with E-state index >= 15 is 0 Å². The van der Waals surface area contributed by atoms with Crippen LogP contribution >= 0.6 is 11.6 Å². The van der Waals surface area contributed by atoms with Crippen molar-refractivity contribution in [2.75, 3.05) is 46.0 Å². The Morgan fingerprint density at radius 2 is 1.91 bits per heavy atom. The molecule has 35 heavy (non-hydrogen) atoms. The number of hydrogen-bond donors (Lipinski definition) is 0. The summed E-state index contributed by atoms with van der Waals surface area (Å²) in [5.41, 5.74) is 1.33. The highest BCUT2D eigenvalue weighted by atomic mass is 35.5. The fraction of sp³-hybridized carbons (Fsp3) is 0.407. The van der Waals surface area contributed by atoms with Crippen LogP contribution in [0.5, 0.6) is 5.75 Å². The van der Waals surface area contributed by atoms with Crippen LogP contribution in [0.1, 0.15) is 47.5 Å². The molecule has 7 nitrogen and oxygen atoms in total. The molecular weight excluding hydrogens is 468 g/mol. The zero-order valence-corrected chi connectivity index (χ0v) is 20.6. The minimum atomic E-state index is -0.549. The molecule has 1 aromatic heterocycles. The van der Waals surface area contributed by atoms with Crippen molar-refractivity contribution in [1.82, 2.24) is 9.80 Å². The van der Waals surface area contributed by atoms with E-state index in [1.165, 1.54) is 0 Å². The Labute approximate surface area is 209 Å². The van der Waals surface area contributed by atoms with Crippen molar-refractivity contribution in [3.63, 3.8) is 0 Å². The normalized spacial score (nSPS) is 18.3. The van der Waals surface area contributed by atoms with Gasteiger partial charge in [0.25, 0.3) is 5.91 Å². The zero-order valence-electron chi connectivity index (χ0n) is 19.8. The van der Waals surface area contributed by atoms with Crippen molar-refractivity contribution in [1.29, 1.82) is 0 Å². The summed E-state index contributed by atoms with van der Waals surface area (Å²) in [4.78, 5) is 31.4. The molecule has 8 heteroatoms. The highest BCUT2D eigenvalue weighted by molar-refractivity contribution is 6.31. The molecule has 2 aliphatic rings. The third-order valence-electron chi connectivity index (χ3n) is 6.55. The molecule has 3 aromatic rings. The van der Waals surface area contributed by atoms with Gasteiger partial charge in [0, 0.05) is 31.2 Å². The number of ether oxygens (including phenoxy) is 2. The lowest BCUT2D eigenvalue weighted by Gasteiger charge is -2.29. The quantitative estimate of drug-likeness (QED) is 0.457. The van der Waals surface area contributed by atoms with Crippen molar-refractivity contribution >= 4 is 28.5 Å². The van der Waals surface area contributed by atoms with Gasteiger partial charge in [-0.25, -0.2) is 0 Å². The van der Waals surface area contributed by atoms with Crippen molar-refractivity contribution in [2.24, 2.45) is 0 Å². The molecular formula is C27H29ClN2O5. The number of amides is 1. The number of nitrogens with zero attached hydrogens (tertiary/aromatic N) is 2. The molecule has 5 rings (SSSR count). The maximum absolute atomic E-state index is 13.7. The highest BCUT2D eigenvalue weighted by Crippen LogP contribution is 2.39. The molecule has 0 spiro atoms. The van der Waals surface area contributed by atoms with Gasteiger partial charge in [0.2, 0.25) is 5.76 Å². The smallest absolute Gasteiger partial charge is 0.290 e. The monoisotopic (exact) mass is 496 g/mol. The topological polar surface area (TPSA) is 72.2 Å². The first kappa shape index (κ1) is 23.9. The first-order chi connectivity index (χ1) is 17.1. The van der Waals surface area contributed by atoms with Crippen LogP contribution in [0.4, 0.5) is 0 Å². The summed E-state index contributed by atoms with van der Waals surface area (Å²) in [7, 11) is 0. The molecule has 2 aromatic carbocycles. The minimum absolute atomic E-state index is 0.112. The van der Waals surface area contributed by atoms with Crippen LogP contribution in [-0.4, -0.2) is 61.7 Å². The van der Waals surface area contributed by atoms with E-state index < -0.39 is 6.04 Å². The molecule has 0 bridgehead atoms. The Bertz CT molecular complexity index is 1280. The van der Waals surface area contributed by atoms with Crippen molar-refractivity contribution < 1.29 is 18.7 Å². The first-order valence-electron chi connectivity index (χ1n) is 12.2.